The van der Waals surface area contributed by atoms with Gasteiger partial charge in [0.2, 0.25) is 5.91 Å². The molecule has 5 heteroatoms. The van der Waals surface area contributed by atoms with Crippen molar-refractivity contribution in [2.45, 2.75) is 40.2 Å². The average molecular weight is 396 g/mol. The van der Waals surface area contributed by atoms with Crippen LogP contribution >= 0.6 is 0 Å². The Labute approximate surface area is 174 Å². The van der Waals surface area contributed by atoms with E-state index in [0.29, 0.717) is 23.1 Å². The normalized spacial score (nSPS) is 12.1. The summed E-state index contributed by atoms with van der Waals surface area (Å²) >= 11 is 0. The molecule has 0 aliphatic heterocycles. The van der Waals surface area contributed by atoms with Crippen molar-refractivity contribution < 1.29 is 9.59 Å². The Bertz CT molecular complexity index is 813. The number of carbonyl (C=O) groups excluding carboxylic acids is 2. The highest BCUT2D eigenvalue weighted by atomic mass is 16.2. The number of nitrogens with one attached hydrogen (secondary N) is 3. The van der Waals surface area contributed by atoms with E-state index >= 15 is 0 Å². The molecule has 0 bridgehead atoms. The molecule has 0 aliphatic carbocycles. The minimum absolute atomic E-state index is 0.0889. The van der Waals surface area contributed by atoms with Gasteiger partial charge in [0.15, 0.2) is 0 Å². The maximum Gasteiger partial charge on any atom is 0.251 e. The third kappa shape index (κ3) is 7.02. The fourth-order valence-corrected chi connectivity index (χ4v) is 3.36. The van der Waals surface area contributed by atoms with Gasteiger partial charge in [-0.25, -0.2) is 0 Å². The maximum absolute atomic E-state index is 12.4. The Balaban J connectivity index is 1.98. The van der Waals surface area contributed by atoms with Crippen molar-refractivity contribution in [2.24, 2.45) is 11.8 Å². The van der Waals surface area contributed by atoms with Gasteiger partial charge in [-0.05, 0) is 47.6 Å². The second-order valence-corrected chi connectivity index (χ2v) is 8.15. The lowest BCUT2D eigenvalue weighted by molar-refractivity contribution is -0.115. The highest BCUT2D eigenvalue weighted by Crippen LogP contribution is 2.22. The van der Waals surface area contributed by atoms with Crippen LogP contribution in [0.15, 0.2) is 48.5 Å². The molecule has 0 heterocycles. The van der Waals surface area contributed by atoms with E-state index in [1.54, 1.807) is 31.3 Å². The van der Waals surface area contributed by atoms with Crippen LogP contribution < -0.4 is 16.0 Å². The Morgan fingerprint density at radius 3 is 2.24 bits per heavy atom. The standard InChI is InChI=1S/C24H33N3O2/c1-16(2)13-18-9-11-19(12-10-18)23(17(3)4)26-15-22(28)27-21-8-6-7-20(14-21)24(29)25-5/h6-12,14,16-17,23,26H,13,15H2,1-5H3,(H,25,29)(H,27,28)/t23-/m0/s1. The summed E-state index contributed by atoms with van der Waals surface area (Å²) in [5, 5.41) is 8.81. The van der Waals surface area contributed by atoms with Crippen LogP contribution in [-0.2, 0) is 11.2 Å². The first-order valence-corrected chi connectivity index (χ1v) is 10.2. The van der Waals surface area contributed by atoms with Gasteiger partial charge >= 0.3 is 0 Å². The van der Waals surface area contributed by atoms with E-state index in [1.807, 2.05) is 0 Å². The molecule has 0 spiro atoms. The van der Waals surface area contributed by atoms with Gasteiger partial charge < -0.3 is 16.0 Å². The number of amides is 2. The molecule has 1 atom stereocenters. The van der Waals surface area contributed by atoms with E-state index in [1.165, 1.54) is 11.1 Å². The van der Waals surface area contributed by atoms with Crippen LogP contribution in [-0.4, -0.2) is 25.4 Å². The molecule has 0 unspecified atom stereocenters. The van der Waals surface area contributed by atoms with E-state index < -0.39 is 0 Å². The van der Waals surface area contributed by atoms with Crippen molar-refractivity contribution in [1.82, 2.24) is 10.6 Å². The molecule has 156 valence electrons. The van der Waals surface area contributed by atoms with Gasteiger partial charge in [-0.1, -0.05) is 58.0 Å². The molecule has 0 aromatic heterocycles. The van der Waals surface area contributed by atoms with E-state index in [4.69, 9.17) is 0 Å². The van der Waals surface area contributed by atoms with Gasteiger partial charge in [-0.2, -0.15) is 0 Å². The first kappa shape index (κ1) is 22.6. The third-order valence-corrected chi connectivity index (χ3v) is 4.77. The molecule has 0 saturated heterocycles. The van der Waals surface area contributed by atoms with Crippen LogP contribution in [0.4, 0.5) is 5.69 Å². The number of carbonyl (C=O) groups is 2. The molecule has 2 rings (SSSR count). The summed E-state index contributed by atoms with van der Waals surface area (Å²) in [6.07, 6.45) is 1.07. The van der Waals surface area contributed by atoms with Crippen molar-refractivity contribution in [2.75, 3.05) is 18.9 Å². The summed E-state index contributed by atoms with van der Waals surface area (Å²) < 4.78 is 0. The van der Waals surface area contributed by atoms with Gasteiger partial charge in [0, 0.05) is 24.3 Å². The summed E-state index contributed by atoms with van der Waals surface area (Å²) in [7, 11) is 1.58. The molecule has 0 radical (unpaired) electrons. The summed E-state index contributed by atoms with van der Waals surface area (Å²) in [4.78, 5) is 24.2. The van der Waals surface area contributed by atoms with Crippen molar-refractivity contribution in [1.29, 1.82) is 0 Å². The van der Waals surface area contributed by atoms with Gasteiger partial charge in [0.05, 0.1) is 6.54 Å². The zero-order valence-corrected chi connectivity index (χ0v) is 18.1. The Kier molecular flexibility index (Phi) is 8.40. The zero-order chi connectivity index (χ0) is 21.4. The van der Waals surface area contributed by atoms with Gasteiger partial charge in [-0.3, -0.25) is 9.59 Å². The highest BCUT2D eigenvalue weighted by Gasteiger charge is 2.17. The second kappa shape index (κ2) is 10.8. The van der Waals surface area contributed by atoms with Crippen LogP contribution in [0.3, 0.4) is 0 Å². The van der Waals surface area contributed by atoms with Gasteiger partial charge in [0.25, 0.3) is 5.91 Å². The van der Waals surface area contributed by atoms with Crippen LogP contribution in [0.1, 0.15) is 55.2 Å². The van der Waals surface area contributed by atoms with Crippen molar-refractivity contribution in [3.05, 3.63) is 65.2 Å². The SMILES string of the molecule is CNC(=O)c1cccc(NC(=O)CN[C@H](c2ccc(CC(C)C)cc2)C(C)C)c1. The fourth-order valence-electron chi connectivity index (χ4n) is 3.36. The predicted octanol–water partition coefficient (Wildman–Crippen LogP) is 4.17. The zero-order valence-electron chi connectivity index (χ0n) is 18.1. The lowest BCUT2D eigenvalue weighted by atomic mass is 9.93. The molecular weight excluding hydrogens is 362 g/mol. The number of anilines is 1. The largest absolute Gasteiger partial charge is 0.355 e. The van der Waals surface area contributed by atoms with E-state index in [-0.39, 0.29) is 24.4 Å². The van der Waals surface area contributed by atoms with Gasteiger partial charge in [-0.15, -0.1) is 0 Å². The van der Waals surface area contributed by atoms with Crippen molar-refractivity contribution >= 4 is 17.5 Å². The lowest BCUT2D eigenvalue weighted by Gasteiger charge is -2.23. The van der Waals surface area contributed by atoms with Crippen LogP contribution in [0.2, 0.25) is 0 Å². The lowest BCUT2D eigenvalue weighted by Crippen LogP contribution is -2.33. The van der Waals surface area contributed by atoms with Crippen molar-refractivity contribution in [3.63, 3.8) is 0 Å². The average Bonchev–Trinajstić information content (AvgIpc) is 2.68. The van der Waals surface area contributed by atoms with E-state index in [9.17, 15) is 9.59 Å². The summed E-state index contributed by atoms with van der Waals surface area (Å²) in [5.41, 5.74) is 3.64. The first-order valence-electron chi connectivity index (χ1n) is 10.2. The summed E-state index contributed by atoms with van der Waals surface area (Å²) in [5.74, 6) is 0.655. The van der Waals surface area contributed by atoms with E-state index in [2.05, 4.69) is 67.9 Å². The summed E-state index contributed by atoms with van der Waals surface area (Å²) in [6.45, 7) is 8.92. The Morgan fingerprint density at radius 2 is 1.66 bits per heavy atom. The predicted molar refractivity (Wildman–Crippen MR) is 119 cm³/mol. The quantitative estimate of drug-likeness (QED) is 0.597. The highest BCUT2D eigenvalue weighted by molar-refractivity contribution is 5.97. The minimum atomic E-state index is -0.181. The number of benzene rings is 2. The second-order valence-electron chi connectivity index (χ2n) is 8.15. The molecule has 2 aromatic rings. The minimum Gasteiger partial charge on any atom is -0.355 e. The molecule has 0 fully saturated rings. The molecule has 0 aliphatic rings. The molecular formula is C24H33N3O2. The molecule has 2 aromatic carbocycles. The van der Waals surface area contributed by atoms with Crippen LogP contribution in [0.5, 0.6) is 0 Å². The Morgan fingerprint density at radius 1 is 0.966 bits per heavy atom. The molecule has 2 amide bonds. The molecule has 3 N–H and O–H groups in total. The molecule has 29 heavy (non-hydrogen) atoms. The van der Waals surface area contributed by atoms with Crippen molar-refractivity contribution in [3.8, 4) is 0 Å². The number of hydrogen-bond donors (Lipinski definition) is 3. The topological polar surface area (TPSA) is 70.2 Å². The third-order valence-electron chi connectivity index (χ3n) is 4.77. The number of rotatable bonds is 9. The molecule has 5 nitrogen and oxygen atoms in total. The smallest absolute Gasteiger partial charge is 0.251 e. The van der Waals surface area contributed by atoms with Crippen LogP contribution in [0, 0.1) is 11.8 Å². The monoisotopic (exact) mass is 395 g/mol. The van der Waals surface area contributed by atoms with E-state index in [0.717, 1.165) is 6.42 Å². The molecule has 0 saturated carbocycles. The Hall–Kier alpha value is -2.66. The number of hydrogen-bond acceptors (Lipinski definition) is 3. The van der Waals surface area contributed by atoms with Crippen LogP contribution in [0.25, 0.3) is 0 Å². The maximum atomic E-state index is 12.4. The van der Waals surface area contributed by atoms with Gasteiger partial charge in [0.1, 0.15) is 0 Å². The fraction of sp³-hybridized carbons (Fsp3) is 0.417. The first-order chi connectivity index (χ1) is 13.8. The summed E-state index contributed by atoms with van der Waals surface area (Å²) in [6, 6.07) is 15.7.